The van der Waals surface area contributed by atoms with E-state index in [1.54, 1.807) is 0 Å². The van der Waals surface area contributed by atoms with Gasteiger partial charge >= 0.3 is 0 Å². The zero-order chi connectivity index (χ0) is 15.6. The van der Waals surface area contributed by atoms with Gasteiger partial charge in [-0.15, -0.1) is 29.8 Å². The smallest absolute Gasteiger partial charge is 0.230 e. The van der Waals surface area contributed by atoms with E-state index in [4.69, 9.17) is 23.2 Å². The summed E-state index contributed by atoms with van der Waals surface area (Å²) in [7, 11) is 0. The molecule has 112 valence electrons. The van der Waals surface area contributed by atoms with E-state index in [1.807, 2.05) is 0 Å². The van der Waals surface area contributed by atoms with Crippen molar-refractivity contribution in [2.24, 2.45) is 5.92 Å². The van der Waals surface area contributed by atoms with Crippen LogP contribution < -0.4 is 10.6 Å². The van der Waals surface area contributed by atoms with Gasteiger partial charge < -0.3 is 10.6 Å². The number of hydrogen-bond donors (Lipinski definition) is 2. The maximum atomic E-state index is 14.2. The largest absolute Gasteiger partial charge is 0.323 e. The number of halogens is 3. The van der Waals surface area contributed by atoms with Crippen molar-refractivity contribution in [3.63, 3.8) is 0 Å². The van der Waals surface area contributed by atoms with Gasteiger partial charge in [0.05, 0.1) is 17.3 Å². The summed E-state index contributed by atoms with van der Waals surface area (Å²) in [6.07, 6.45) is 1.81. The van der Waals surface area contributed by atoms with Gasteiger partial charge in [0.2, 0.25) is 11.8 Å². The minimum absolute atomic E-state index is 0.0153. The minimum Gasteiger partial charge on any atom is -0.323 e. The molecule has 0 bridgehead atoms. The molecule has 2 amide bonds. The summed E-state index contributed by atoms with van der Waals surface area (Å²) in [4.78, 5) is 23.3. The number of benzene rings is 1. The van der Waals surface area contributed by atoms with Crippen molar-refractivity contribution in [1.82, 2.24) is 0 Å². The van der Waals surface area contributed by atoms with Gasteiger partial charge in [-0.05, 0) is 18.6 Å². The van der Waals surface area contributed by atoms with Crippen LogP contribution in [0, 0.1) is 11.7 Å². The predicted molar refractivity (Wildman–Crippen MR) is 81.0 cm³/mol. The van der Waals surface area contributed by atoms with Crippen LogP contribution in [0.3, 0.4) is 0 Å². The van der Waals surface area contributed by atoms with E-state index in [-0.39, 0.29) is 17.8 Å². The predicted octanol–water partition coefficient (Wildman–Crippen LogP) is 3.47. The lowest BCUT2D eigenvalue weighted by Gasteiger charge is -2.10. The van der Waals surface area contributed by atoms with E-state index >= 15 is 0 Å². The molecule has 1 fully saturated rings. The first-order valence-corrected chi connectivity index (χ1v) is 6.98. The van der Waals surface area contributed by atoms with Gasteiger partial charge in [0.1, 0.15) is 4.33 Å². The third kappa shape index (κ3) is 3.74. The standard InChI is InChI=1S/C14H13Cl2FN2O2/c1-2-4-11(20)18-9-5-3-6-10(12(9)17)19-13(21)8-7-14(8,15)16/h2-3,5-6,8H,1,4,7H2,(H,18,20)(H,19,21). The van der Waals surface area contributed by atoms with Crippen LogP contribution in [0.5, 0.6) is 0 Å². The molecular weight excluding hydrogens is 318 g/mol. The van der Waals surface area contributed by atoms with Gasteiger partial charge in [0, 0.05) is 6.42 Å². The van der Waals surface area contributed by atoms with Crippen molar-refractivity contribution < 1.29 is 14.0 Å². The second-order valence-electron chi connectivity index (χ2n) is 4.72. The highest BCUT2D eigenvalue weighted by Gasteiger charge is 2.56. The molecule has 2 N–H and O–H groups in total. The normalized spacial score (nSPS) is 18.7. The van der Waals surface area contributed by atoms with Crippen molar-refractivity contribution in [2.75, 3.05) is 10.6 Å². The molecule has 0 saturated heterocycles. The van der Waals surface area contributed by atoms with Gasteiger partial charge in [0.15, 0.2) is 5.82 Å². The molecule has 1 saturated carbocycles. The molecule has 0 radical (unpaired) electrons. The van der Waals surface area contributed by atoms with Gasteiger partial charge in [-0.2, -0.15) is 0 Å². The third-order valence-corrected chi connectivity index (χ3v) is 3.84. The van der Waals surface area contributed by atoms with Crippen LogP contribution in [-0.4, -0.2) is 16.1 Å². The molecule has 21 heavy (non-hydrogen) atoms. The molecule has 0 spiro atoms. The number of anilines is 2. The summed E-state index contributed by atoms with van der Waals surface area (Å²) < 4.78 is 13.1. The van der Waals surface area contributed by atoms with Crippen LogP contribution in [0.1, 0.15) is 12.8 Å². The minimum atomic E-state index is -1.07. The SMILES string of the molecule is C=CCC(=O)Nc1cccc(NC(=O)C2CC2(Cl)Cl)c1F. The van der Waals surface area contributed by atoms with E-state index in [0.29, 0.717) is 6.42 Å². The Morgan fingerprint density at radius 2 is 1.95 bits per heavy atom. The summed E-state index contributed by atoms with van der Waals surface area (Å²) >= 11 is 11.6. The Morgan fingerprint density at radius 3 is 2.48 bits per heavy atom. The number of nitrogens with one attached hydrogen (secondary N) is 2. The molecule has 1 unspecified atom stereocenters. The Morgan fingerprint density at radius 1 is 1.38 bits per heavy atom. The fraction of sp³-hybridized carbons (Fsp3) is 0.286. The molecule has 0 aliphatic heterocycles. The molecule has 4 nitrogen and oxygen atoms in total. The molecule has 1 aliphatic carbocycles. The topological polar surface area (TPSA) is 58.2 Å². The maximum absolute atomic E-state index is 14.2. The number of hydrogen-bond acceptors (Lipinski definition) is 2. The Hall–Kier alpha value is -1.59. The van der Waals surface area contributed by atoms with Gasteiger partial charge in [-0.25, -0.2) is 4.39 Å². The number of amides is 2. The van der Waals surface area contributed by atoms with Crippen LogP contribution >= 0.6 is 23.2 Å². The number of rotatable bonds is 5. The first-order valence-electron chi connectivity index (χ1n) is 6.23. The average Bonchev–Trinajstić information content (AvgIpc) is 3.04. The van der Waals surface area contributed by atoms with Crippen LogP contribution in [-0.2, 0) is 9.59 Å². The van der Waals surface area contributed by atoms with Crippen molar-refractivity contribution >= 4 is 46.4 Å². The van der Waals surface area contributed by atoms with E-state index in [2.05, 4.69) is 17.2 Å². The lowest BCUT2D eigenvalue weighted by Crippen LogP contribution is -2.18. The van der Waals surface area contributed by atoms with E-state index < -0.39 is 27.9 Å². The Kier molecular flexibility index (Phi) is 4.54. The molecule has 2 rings (SSSR count). The molecular formula is C14H13Cl2FN2O2. The van der Waals surface area contributed by atoms with Crippen molar-refractivity contribution in [3.05, 3.63) is 36.7 Å². The number of alkyl halides is 2. The fourth-order valence-electron chi connectivity index (χ4n) is 1.77. The maximum Gasteiger partial charge on any atom is 0.230 e. The molecule has 1 aliphatic rings. The highest BCUT2D eigenvalue weighted by atomic mass is 35.5. The molecule has 1 aromatic rings. The highest BCUT2D eigenvalue weighted by molar-refractivity contribution is 6.52. The number of carbonyl (C=O) groups is 2. The van der Waals surface area contributed by atoms with E-state index in [1.165, 1.54) is 24.3 Å². The zero-order valence-electron chi connectivity index (χ0n) is 11.0. The van der Waals surface area contributed by atoms with E-state index in [9.17, 15) is 14.0 Å². The van der Waals surface area contributed by atoms with Crippen molar-refractivity contribution in [1.29, 1.82) is 0 Å². The second-order valence-corrected chi connectivity index (χ2v) is 6.26. The first kappa shape index (κ1) is 15.8. The monoisotopic (exact) mass is 330 g/mol. The summed E-state index contributed by atoms with van der Waals surface area (Å²) in [6, 6.07) is 4.31. The summed E-state index contributed by atoms with van der Waals surface area (Å²) in [5.74, 6) is -2.12. The molecule has 0 aromatic heterocycles. The van der Waals surface area contributed by atoms with Gasteiger partial charge in [-0.3, -0.25) is 9.59 Å². The van der Waals surface area contributed by atoms with Crippen molar-refractivity contribution in [3.8, 4) is 0 Å². The lowest BCUT2D eigenvalue weighted by molar-refractivity contribution is -0.117. The third-order valence-electron chi connectivity index (χ3n) is 3.00. The Bertz CT molecular complexity index is 605. The van der Waals surface area contributed by atoms with Crippen LogP contribution in [0.15, 0.2) is 30.9 Å². The summed E-state index contributed by atoms with van der Waals surface area (Å²) in [5, 5.41) is 4.82. The quantitative estimate of drug-likeness (QED) is 0.641. The Balaban J connectivity index is 2.09. The van der Waals surface area contributed by atoms with Gasteiger partial charge in [0.25, 0.3) is 0 Å². The highest BCUT2D eigenvalue weighted by Crippen LogP contribution is 2.53. The molecule has 7 heteroatoms. The molecule has 1 atom stereocenters. The number of carbonyl (C=O) groups excluding carboxylic acids is 2. The molecule has 1 aromatic carbocycles. The van der Waals surface area contributed by atoms with Gasteiger partial charge in [-0.1, -0.05) is 12.1 Å². The van der Waals surface area contributed by atoms with E-state index in [0.717, 1.165) is 0 Å². The fourth-order valence-corrected chi connectivity index (χ4v) is 2.28. The van der Waals surface area contributed by atoms with Crippen LogP contribution in [0.4, 0.5) is 15.8 Å². The van der Waals surface area contributed by atoms with Crippen LogP contribution in [0.2, 0.25) is 0 Å². The summed E-state index contributed by atoms with van der Waals surface area (Å²) in [5.41, 5.74) is -0.0501. The zero-order valence-corrected chi connectivity index (χ0v) is 12.5. The Labute approximate surface area is 131 Å². The first-order chi connectivity index (χ1) is 9.85. The molecule has 0 heterocycles. The van der Waals surface area contributed by atoms with Crippen LogP contribution in [0.25, 0.3) is 0 Å². The lowest BCUT2D eigenvalue weighted by atomic mass is 10.2. The average molecular weight is 331 g/mol. The van der Waals surface area contributed by atoms with Crippen molar-refractivity contribution in [2.45, 2.75) is 17.2 Å². The second kappa shape index (κ2) is 6.03. The summed E-state index contributed by atoms with van der Waals surface area (Å²) in [6.45, 7) is 3.42.